The number of likely N-dealkylation sites (tertiary alicyclic amines) is 1. The van der Waals surface area contributed by atoms with E-state index in [-0.39, 0.29) is 11.8 Å². The molecule has 2 aromatic heterocycles. The number of hydrogen-bond donors (Lipinski definition) is 3. The van der Waals surface area contributed by atoms with Gasteiger partial charge in [-0.3, -0.25) is 14.6 Å². The lowest BCUT2D eigenvalue weighted by Gasteiger charge is -2.60. The van der Waals surface area contributed by atoms with Crippen LogP contribution < -0.4 is 20.9 Å². The molecule has 10 heteroatoms. The van der Waals surface area contributed by atoms with Crippen LogP contribution in [0.4, 0.5) is 17.1 Å². The Morgan fingerprint density at radius 3 is 2.76 bits per heavy atom. The lowest BCUT2D eigenvalue weighted by molar-refractivity contribution is -0.111. The van der Waals surface area contributed by atoms with Gasteiger partial charge in [-0.15, -0.1) is 11.3 Å². The number of rotatable bonds is 4. The normalized spacial score (nSPS) is 18.2. The number of amides is 2. The zero-order valence-electron chi connectivity index (χ0n) is 21.0. The minimum absolute atomic E-state index is 0.0597. The SMILES string of the molecule is C=CC(=O)Nc1cc(-c2cnc3c(ccc4sc5c(c43)NCCNC5=O)n2)ccc1N1CC2(CN(C)C2)C1. The molecule has 3 aliphatic rings. The van der Waals surface area contributed by atoms with Crippen molar-refractivity contribution >= 4 is 61.3 Å². The second-order valence-electron chi connectivity index (χ2n) is 10.5. The molecule has 3 N–H and O–H groups in total. The van der Waals surface area contributed by atoms with E-state index in [0.29, 0.717) is 29.1 Å². The third-order valence-electron chi connectivity index (χ3n) is 7.62. The van der Waals surface area contributed by atoms with Gasteiger partial charge < -0.3 is 25.8 Å². The highest BCUT2D eigenvalue weighted by atomic mass is 32.1. The maximum Gasteiger partial charge on any atom is 0.263 e. The number of nitrogens with one attached hydrogen (secondary N) is 3. The zero-order chi connectivity index (χ0) is 26.0. The van der Waals surface area contributed by atoms with Crippen LogP contribution in [0.1, 0.15) is 9.67 Å². The molecule has 4 aromatic rings. The highest BCUT2D eigenvalue weighted by Gasteiger charge is 2.50. The zero-order valence-corrected chi connectivity index (χ0v) is 21.8. The Morgan fingerprint density at radius 1 is 1.16 bits per heavy atom. The Morgan fingerprint density at radius 2 is 1.97 bits per heavy atom. The average Bonchev–Trinajstić information content (AvgIpc) is 3.17. The van der Waals surface area contributed by atoms with Crippen LogP contribution in [-0.4, -0.2) is 73.0 Å². The molecule has 7 rings (SSSR count). The second kappa shape index (κ2) is 8.50. The molecule has 38 heavy (non-hydrogen) atoms. The molecule has 192 valence electrons. The van der Waals surface area contributed by atoms with Gasteiger partial charge in [-0.2, -0.15) is 0 Å². The predicted octanol–water partition coefficient (Wildman–Crippen LogP) is 3.54. The molecule has 0 aliphatic carbocycles. The van der Waals surface area contributed by atoms with Gasteiger partial charge in [-0.05, 0) is 37.4 Å². The molecule has 2 saturated heterocycles. The van der Waals surface area contributed by atoms with E-state index in [1.807, 2.05) is 24.3 Å². The molecule has 0 radical (unpaired) electrons. The lowest BCUT2D eigenvalue weighted by atomic mass is 9.73. The maximum atomic E-state index is 12.5. The highest BCUT2D eigenvalue weighted by molar-refractivity contribution is 7.21. The minimum atomic E-state index is -0.247. The van der Waals surface area contributed by atoms with Crippen LogP contribution in [-0.2, 0) is 4.79 Å². The van der Waals surface area contributed by atoms with E-state index < -0.39 is 0 Å². The van der Waals surface area contributed by atoms with E-state index >= 15 is 0 Å². The first-order valence-electron chi connectivity index (χ1n) is 12.7. The van der Waals surface area contributed by atoms with Crippen LogP contribution in [0.15, 0.2) is 49.2 Å². The Kier molecular flexibility index (Phi) is 5.17. The summed E-state index contributed by atoms with van der Waals surface area (Å²) < 4.78 is 0.998. The van der Waals surface area contributed by atoms with Gasteiger partial charge in [0, 0.05) is 60.3 Å². The Bertz CT molecular complexity index is 1650. The summed E-state index contributed by atoms with van der Waals surface area (Å²) in [6.07, 6.45) is 3.05. The largest absolute Gasteiger partial charge is 0.381 e. The van der Waals surface area contributed by atoms with E-state index in [1.54, 1.807) is 6.20 Å². The summed E-state index contributed by atoms with van der Waals surface area (Å²) in [6.45, 7) is 9.05. The van der Waals surface area contributed by atoms with Crippen molar-refractivity contribution in [1.82, 2.24) is 20.2 Å². The van der Waals surface area contributed by atoms with E-state index in [1.165, 1.54) is 17.4 Å². The van der Waals surface area contributed by atoms with Crippen molar-refractivity contribution in [2.75, 3.05) is 61.8 Å². The molecule has 0 atom stereocenters. The minimum Gasteiger partial charge on any atom is -0.381 e. The van der Waals surface area contributed by atoms with Crippen molar-refractivity contribution in [3.05, 3.63) is 54.1 Å². The Hall–Kier alpha value is -4.02. The fourth-order valence-electron chi connectivity index (χ4n) is 6.07. The van der Waals surface area contributed by atoms with Gasteiger partial charge in [-0.1, -0.05) is 12.6 Å². The molecule has 0 saturated carbocycles. The Balaban J connectivity index is 1.26. The van der Waals surface area contributed by atoms with Gasteiger partial charge in [0.25, 0.3) is 5.91 Å². The van der Waals surface area contributed by atoms with Crippen molar-refractivity contribution in [1.29, 1.82) is 0 Å². The first-order valence-corrected chi connectivity index (χ1v) is 13.5. The van der Waals surface area contributed by atoms with E-state index in [9.17, 15) is 9.59 Å². The van der Waals surface area contributed by atoms with Gasteiger partial charge in [0.1, 0.15) is 4.88 Å². The molecular weight excluding hydrogens is 498 g/mol. The van der Waals surface area contributed by atoms with Gasteiger partial charge in [0.05, 0.1) is 40.0 Å². The van der Waals surface area contributed by atoms with Crippen molar-refractivity contribution in [2.24, 2.45) is 5.41 Å². The van der Waals surface area contributed by atoms with Crippen molar-refractivity contribution in [3.63, 3.8) is 0 Å². The smallest absolute Gasteiger partial charge is 0.263 e. The van der Waals surface area contributed by atoms with Gasteiger partial charge in [0.15, 0.2) is 0 Å². The summed E-state index contributed by atoms with van der Waals surface area (Å²) in [5, 5.41) is 10.2. The molecule has 5 heterocycles. The van der Waals surface area contributed by atoms with E-state index in [0.717, 1.165) is 69.9 Å². The predicted molar refractivity (Wildman–Crippen MR) is 152 cm³/mol. The quantitative estimate of drug-likeness (QED) is 0.350. The number of carbonyl (C=O) groups excluding carboxylic acids is 2. The second-order valence-corrected chi connectivity index (χ2v) is 11.6. The van der Waals surface area contributed by atoms with Crippen LogP contribution in [0.2, 0.25) is 0 Å². The summed E-state index contributed by atoms with van der Waals surface area (Å²) in [6, 6.07) is 10.0. The fraction of sp³-hybridized carbons (Fsp3) is 0.286. The maximum absolute atomic E-state index is 12.5. The third kappa shape index (κ3) is 3.63. The molecule has 2 amide bonds. The standard InChI is InChI=1S/C28H27N7O2S/c1-3-22(36)33-18-10-16(4-6-20(18)35-14-28(15-35)12-34(2)13-28)19-11-31-24-17(32-19)5-7-21-23(24)25-26(38-21)27(37)30-9-8-29-25/h3-7,10-11,29H,1,8-9,12-15H2,2H3,(H,30,37)(H,33,36). The first-order chi connectivity index (χ1) is 18.4. The van der Waals surface area contributed by atoms with Crippen molar-refractivity contribution < 1.29 is 9.59 Å². The van der Waals surface area contributed by atoms with Crippen molar-refractivity contribution in [2.45, 2.75) is 0 Å². The number of benzene rings is 2. The van der Waals surface area contributed by atoms with Crippen LogP contribution in [0.5, 0.6) is 0 Å². The fourth-order valence-corrected chi connectivity index (χ4v) is 7.17. The summed E-state index contributed by atoms with van der Waals surface area (Å²) in [7, 11) is 2.15. The van der Waals surface area contributed by atoms with Gasteiger partial charge in [0.2, 0.25) is 5.91 Å². The number of hydrogen-bond acceptors (Lipinski definition) is 8. The average molecular weight is 526 g/mol. The molecule has 3 aliphatic heterocycles. The van der Waals surface area contributed by atoms with Crippen LogP contribution in [0.3, 0.4) is 0 Å². The van der Waals surface area contributed by atoms with E-state index in [4.69, 9.17) is 9.97 Å². The molecular formula is C28H27N7O2S. The number of anilines is 3. The van der Waals surface area contributed by atoms with E-state index in [2.05, 4.69) is 45.4 Å². The summed E-state index contributed by atoms with van der Waals surface area (Å²) in [4.78, 5) is 39.9. The van der Waals surface area contributed by atoms with Crippen LogP contribution in [0, 0.1) is 5.41 Å². The summed E-state index contributed by atoms with van der Waals surface area (Å²) in [5.41, 5.74) is 6.04. The summed E-state index contributed by atoms with van der Waals surface area (Å²) >= 11 is 1.47. The van der Waals surface area contributed by atoms with Gasteiger partial charge in [-0.25, -0.2) is 4.98 Å². The van der Waals surface area contributed by atoms with Crippen LogP contribution >= 0.6 is 11.3 Å². The molecule has 0 unspecified atom stereocenters. The first kappa shape index (κ1) is 23.1. The monoisotopic (exact) mass is 525 g/mol. The van der Waals surface area contributed by atoms with Gasteiger partial charge >= 0.3 is 0 Å². The number of fused-ring (bicyclic) bond motifs is 5. The summed E-state index contributed by atoms with van der Waals surface area (Å²) in [5.74, 6) is -0.306. The molecule has 2 fully saturated rings. The molecule has 9 nitrogen and oxygen atoms in total. The number of aromatic nitrogens is 2. The topological polar surface area (TPSA) is 102 Å². The molecule has 2 aromatic carbocycles. The number of nitrogens with zero attached hydrogens (tertiary/aromatic N) is 4. The van der Waals surface area contributed by atoms with Crippen molar-refractivity contribution in [3.8, 4) is 11.3 Å². The number of carbonyl (C=O) groups is 2. The Labute approximate surface area is 223 Å². The lowest BCUT2D eigenvalue weighted by Crippen LogP contribution is -2.71. The number of thiophene rings is 1. The highest BCUT2D eigenvalue weighted by Crippen LogP contribution is 2.44. The molecule has 1 spiro atoms. The molecule has 0 bridgehead atoms. The van der Waals surface area contributed by atoms with Crippen LogP contribution in [0.25, 0.3) is 32.4 Å². The third-order valence-corrected chi connectivity index (χ3v) is 8.78.